The molecule has 0 bridgehead atoms. The lowest BCUT2D eigenvalue weighted by molar-refractivity contribution is -0.135. The van der Waals surface area contributed by atoms with Crippen molar-refractivity contribution in [3.63, 3.8) is 0 Å². The molecular formula is C19H13Cl2N3O5S. The fourth-order valence-corrected chi connectivity index (χ4v) is 3.71. The van der Waals surface area contributed by atoms with E-state index >= 15 is 0 Å². The Balaban J connectivity index is 1.57. The van der Waals surface area contributed by atoms with Crippen molar-refractivity contribution in [1.82, 2.24) is 10.7 Å². The number of esters is 1. The second kappa shape index (κ2) is 9.75. The summed E-state index contributed by atoms with van der Waals surface area (Å²) in [5, 5.41) is 5.27. The molecule has 2 aromatic rings. The summed E-state index contributed by atoms with van der Waals surface area (Å²) in [4.78, 5) is 46.8. The lowest BCUT2D eigenvalue weighted by atomic mass is 10.2. The first-order valence-corrected chi connectivity index (χ1v) is 10.1. The van der Waals surface area contributed by atoms with Crippen LogP contribution in [-0.4, -0.2) is 34.5 Å². The molecule has 154 valence electrons. The van der Waals surface area contributed by atoms with Gasteiger partial charge >= 0.3 is 5.97 Å². The van der Waals surface area contributed by atoms with Crippen LogP contribution in [0.2, 0.25) is 10.0 Å². The third-order valence-corrected chi connectivity index (χ3v) is 5.29. The zero-order valence-corrected chi connectivity index (χ0v) is 17.4. The number of hydrogen-bond acceptors (Lipinski definition) is 7. The molecule has 2 aromatic carbocycles. The number of thioether (sulfide) groups is 1. The summed E-state index contributed by atoms with van der Waals surface area (Å²) in [5.41, 5.74) is 3.10. The van der Waals surface area contributed by atoms with Crippen molar-refractivity contribution < 1.29 is 23.9 Å². The van der Waals surface area contributed by atoms with Crippen LogP contribution in [0.3, 0.4) is 0 Å². The Kier molecular flexibility index (Phi) is 7.09. The van der Waals surface area contributed by atoms with E-state index in [2.05, 4.69) is 15.8 Å². The zero-order valence-electron chi connectivity index (χ0n) is 15.1. The van der Waals surface area contributed by atoms with Crippen LogP contribution in [0.4, 0.5) is 4.79 Å². The van der Waals surface area contributed by atoms with Gasteiger partial charge in [0, 0.05) is 5.02 Å². The van der Waals surface area contributed by atoms with Crippen LogP contribution in [0.25, 0.3) is 0 Å². The van der Waals surface area contributed by atoms with Gasteiger partial charge in [-0.2, -0.15) is 5.10 Å². The van der Waals surface area contributed by atoms with Crippen LogP contribution in [0.1, 0.15) is 22.3 Å². The number of carbonyl (C=O) groups excluding carboxylic acids is 4. The van der Waals surface area contributed by atoms with Gasteiger partial charge in [-0.1, -0.05) is 47.1 Å². The number of rotatable bonds is 6. The highest BCUT2D eigenvalue weighted by Gasteiger charge is 2.33. The van der Waals surface area contributed by atoms with E-state index in [-0.39, 0.29) is 22.8 Å². The smallest absolute Gasteiger partial charge is 0.312 e. The van der Waals surface area contributed by atoms with Crippen molar-refractivity contribution in [2.75, 3.05) is 0 Å². The van der Waals surface area contributed by atoms with Crippen molar-refractivity contribution in [3.05, 3.63) is 63.6 Å². The minimum atomic E-state index is -0.801. The molecule has 1 saturated heterocycles. The van der Waals surface area contributed by atoms with E-state index in [0.29, 0.717) is 10.6 Å². The molecule has 0 spiro atoms. The third kappa shape index (κ3) is 5.82. The van der Waals surface area contributed by atoms with Gasteiger partial charge in [0.2, 0.25) is 5.91 Å². The fourth-order valence-electron chi connectivity index (χ4n) is 2.41. The van der Waals surface area contributed by atoms with E-state index in [1.807, 2.05) is 0 Å². The first-order valence-electron chi connectivity index (χ1n) is 8.42. The molecule has 1 unspecified atom stereocenters. The first-order chi connectivity index (χ1) is 14.3. The van der Waals surface area contributed by atoms with Crippen molar-refractivity contribution in [2.24, 2.45) is 5.10 Å². The molecule has 0 radical (unpaired) electrons. The van der Waals surface area contributed by atoms with Crippen LogP contribution in [0.15, 0.2) is 47.6 Å². The Morgan fingerprint density at radius 3 is 2.70 bits per heavy atom. The molecule has 0 aromatic heterocycles. The number of carbonyl (C=O) groups is 4. The van der Waals surface area contributed by atoms with Crippen molar-refractivity contribution in [3.8, 4) is 5.75 Å². The van der Waals surface area contributed by atoms with E-state index in [0.717, 1.165) is 11.8 Å². The van der Waals surface area contributed by atoms with Crippen molar-refractivity contribution in [1.29, 1.82) is 0 Å². The maximum Gasteiger partial charge on any atom is 0.312 e. The SMILES string of the molecule is O=C(CC1SC(=O)NC1=O)Oc1cccc(/C=N/NC(=O)c2ccc(Cl)cc2Cl)c1. The highest BCUT2D eigenvalue weighted by atomic mass is 35.5. The Morgan fingerprint density at radius 1 is 1.20 bits per heavy atom. The molecule has 0 aliphatic carbocycles. The van der Waals surface area contributed by atoms with Gasteiger partial charge in [-0.25, -0.2) is 5.43 Å². The lowest BCUT2D eigenvalue weighted by Crippen LogP contribution is -2.27. The Hall–Kier alpha value is -2.88. The fraction of sp³-hybridized carbons (Fsp3) is 0.105. The van der Waals surface area contributed by atoms with Gasteiger partial charge in [-0.15, -0.1) is 0 Å². The van der Waals surface area contributed by atoms with Gasteiger partial charge in [-0.3, -0.25) is 24.5 Å². The van der Waals surface area contributed by atoms with E-state index in [1.54, 1.807) is 18.2 Å². The molecule has 1 aliphatic heterocycles. The van der Waals surface area contributed by atoms with Crippen LogP contribution in [-0.2, 0) is 9.59 Å². The molecule has 2 N–H and O–H groups in total. The normalized spacial score (nSPS) is 15.9. The molecular weight excluding hydrogens is 453 g/mol. The predicted octanol–water partition coefficient (Wildman–Crippen LogP) is 3.40. The number of ether oxygens (including phenoxy) is 1. The molecule has 0 saturated carbocycles. The number of halogens is 2. The van der Waals surface area contributed by atoms with Gasteiger partial charge < -0.3 is 4.74 Å². The molecule has 3 rings (SSSR count). The number of hydrogen-bond donors (Lipinski definition) is 2. The summed E-state index contributed by atoms with van der Waals surface area (Å²) in [6, 6.07) is 10.8. The molecule has 3 amide bonds. The molecule has 11 heteroatoms. The monoisotopic (exact) mass is 465 g/mol. The minimum Gasteiger partial charge on any atom is -0.426 e. The summed E-state index contributed by atoms with van der Waals surface area (Å²) in [7, 11) is 0. The number of imide groups is 1. The van der Waals surface area contributed by atoms with Gasteiger partial charge in [0.25, 0.3) is 11.1 Å². The van der Waals surface area contributed by atoms with Crippen LogP contribution in [0.5, 0.6) is 5.75 Å². The minimum absolute atomic E-state index is 0.194. The molecule has 1 atom stereocenters. The van der Waals surface area contributed by atoms with Gasteiger partial charge in [0.1, 0.15) is 11.0 Å². The predicted molar refractivity (Wildman–Crippen MR) is 113 cm³/mol. The lowest BCUT2D eigenvalue weighted by Gasteiger charge is -2.07. The van der Waals surface area contributed by atoms with Crippen LogP contribution in [0, 0.1) is 0 Å². The largest absolute Gasteiger partial charge is 0.426 e. The van der Waals surface area contributed by atoms with Gasteiger partial charge in [0.15, 0.2) is 0 Å². The van der Waals surface area contributed by atoms with E-state index in [4.69, 9.17) is 27.9 Å². The highest BCUT2D eigenvalue weighted by Crippen LogP contribution is 2.23. The zero-order chi connectivity index (χ0) is 21.7. The average Bonchev–Trinajstić information content (AvgIpc) is 2.98. The van der Waals surface area contributed by atoms with Crippen LogP contribution >= 0.6 is 35.0 Å². The highest BCUT2D eigenvalue weighted by molar-refractivity contribution is 8.15. The maximum atomic E-state index is 12.1. The second-order valence-corrected chi connectivity index (χ2v) is 7.98. The molecule has 1 heterocycles. The number of hydrazone groups is 1. The molecule has 30 heavy (non-hydrogen) atoms. The summed E-state index contributed by atoms with van der Waals surface area (Å²) < 4.78 is 5.20. The summed E-state index contributed by atoms with van der Waals surface area (Å²) in [6.45, 7) is 0. The summed E-state index contributed by atoms with van der Waals surface area (Å²) in [5.74, 6) is -1.46. The van der Waals surface area contributed by atoms with E-state index in [9.17, 15) is 19.2 Å². The quantitative estimate of drug-likeness (QED) is 0.292. The second-order valence-electron chi connectivity index (χ2n) is 5.96. The molecule has 8 nitrogen and oxygen atoms in total. The topological polar surface area (TPSA) is 114 Å². The summed E-state index contributed by atoms with van der Waals surface area (Å²) in [6.07, 6.45) is 1.12. The number of benzene rings is 2. The van der Waals surface area contributed by atoms with Gasteiger partial charge in [-0.05, 0) is 35.9 Å². The number of nitrogens with zero attached hydrogens (tertiary/aromatic N) is 1. The molecule has 1 fully saturated rings. The van der Waals surface area contributed by atoms with Crippen molar-refractivity contribution >= 4 is 64.2 Å². The van der Waals surface area contributed by atoms with E-state index in [1.165, 1.54) is 30.5 Å². The third-order valence-electron chi connectivity index (χ3n) is 3.76. The Bertz CT molecular complexity index is 1060. The van der Waals surface area contributed by atoms with Gasteiger partial charge in [0.05, 0.1) is 23.2 Å². The first kappa shape index (κ1) is 21.8. The van der Waals surface area contributed by atoms with Crippen LogP contribution < -0.4 is 15.5 Å². The number of amides is 3. The van der Waals surface area contributed by atoms with Crippen molar-refractivity contribution in [2.45, 2.75) is 11.7 Å². The number of nitrogens with one attached hydrogen (secondary N) is 2. The Morgan fingerprint density at radius 2 is 2.00 bits per heavy atom. The standard InChI is InChI=1S/C19H13Cl2N3O5S/c20-11-4-5-13(14(21)7-11)17(26)24-22-9-10-2-1-3-12(6-10)29-16(25)8-15-18(27)23-19(28)30-15/h1-7,9,15H,8H2,(H,24,26)(H,23,27,28)/b22-9+. The molecule has 1 aliphatic rings. The maximum absolute atomic E-state index is 12.1. The average molecular weight is 466 g/mol. The summed E-state index contributed by atoms with van der Waals surface area (Å²) >= 11 is 12.5. The van der Waals surface area contributed by atoms with E-state index < -0.39 is 28.3 Å². The Labute approximate surface area is 184 Å².